The fourth-order valence-electron chi connectivity index (χ4n) is 4.51. The van der Waals surface area contributed by atoms with Crippen molar-refractivity contribution in [2.24, 2.45) is 5.92 Å². The number of benzene rings is 1. The van der Waals surface area contributed by atoms with Crippen molar-refractivity contribution in [2.75, 3.05) is 13.1 Å². The molecular weight excluding hydrogens is 498 g/mol. The summed E-state index contributed by atoms with van der Waals surface area (Å²) in [5.74, 6) is -1.92. The molecule has 198 valence electrons. The van der Waals surface area contributed by atoms with Crippen LogP contribution in [-0.4, -0.2) is 55.5 Å². The van der Waals surface area contributed by atoms with Gasteiger partial charge >= 0.3 is 0 Å². The number of rotatable bonds is 8. The summed E-state index contributed by atoms with van der Waals surface area (Å²) >= 11 is 0. The molecule has 0 radical (unpaired) electrons. The number of nitrogens with one attached hydrogen (secondary N) is 2. The quantitative estimate of drug-likeness (QED) is 0.454. The SMILES string of the molecule is Cc1occc1S(=O)(=O)N(C(=O)[C@H](CC(C)C)NC(=O)c1cc2ccccc2o1)C1CCCNCC1=O. The summed E-state index contributed by atoms with van der Waals surface area (Å²) in [4.78, 5) is 40.0. The molecule has 2 aromatic heterocycles. The molecule has 2 amide bonds. The van der Waals surface area contributed by atoms with E-state index >= 15 is 0 Å². The van der Waals surface area contributed by atoms with Crippen LogP contribution in [0.5, 0.6) is 0 Å². The monoisotopic (exact) mass is 529 g/mol. The van der Waals surface area contributed by atoms with Gasteiger partial charge in [-0.1, -0.05) is 32.0 Å². The average Bonchev–Trinajstić information content (AvgIpc) is 3.42. The van der Waals surface area contributed by atoms with Gasteiger partial charge in [-0.05, 0) is 56.8 Å². The van der Waals surface area contributed by atoms with Crippen LogP contribution < -0.4 is 10.6 Å². The summed E-state index contributed by atoms with van der Waals surface area (Å²) in [6.07, 6.45) is 2.04. The van der Waals surface area contributed by atoms with Crippen LogP contribution in [0.1, 0.15) is 49.4 Å². The molecule has 1 fully saturated rings. The number of carbonyl (C=O) groups excluding carboxylic acids is 3. The van der Waals surface area contributed by atoms with Gasteiger partial charge < -0.3 is 19.5 Å². The predicted octanol–water partition coefficient (Wildman–Crippen LogP) is 3.02. The highest BCUT2D eigenvalue weighted by Crippen LogP contribution is 2.27. The first-order valence-corrected chi connectivity index (χ1v) is 13.7. The highest BCUT2D eigenvalue weighted by Gasteiger charge is 2.44. The summed E-state index contributed by atoms with van der Waals surface area (Å²) in [5.41, 5.74) is 0.510. The smallest absolute Gasteiger partial charge is 0.287 e. The van der Waals surface area contributed by atoms with Crippen LogP contribution in [0.2, 0.25) is 0 Å². The van der Waals surface area contributed by atoms with E-state index in [2.05, 4.69) is 10.6 Å². The van der Waals surface area contributed by atoms with Crippen LogP contribution in [-0.2, 0) is 19.6 Å². The molecule has 0 saturated carbocycles. The Hall–Kier alpha value is -3.44. The fraction of sp³-hybridized carbons (Fsp3) is 0.423. The lowest BCUT2D eigenvalue weighted by Crippen LogP contribution is -2.56. The van der Waals surface area contributed by atoms with Crippen LogP contribution in [0.15, 0.2) is 56.4 Å². The number of nitrogens with zero attached hydrogens (tertiary/aromatic N) is 1. The van der Waals surface area contributed by atoms with Gasteiger partial charge in [-0.25, -0.2) is 12.7 Å². The van der Waals surface area contributed by atoms with Gasteiger partial charge in [0.1, 0.15) is 28.3 Å². The van der Waals surface area contributed by atoms with E-state index in [9.17, 15) is 22.8 Å². The van der Waals surface area contributed by atoms with Crippen molar-refractivity contribution < 1.29 is 31.6 Å². The summed E-state index contributed by atoms with van der Waals surface area (Å²) in [7, 11) is -4.47. The van der Waals surface area contributed by atoms with E-state index < -0.39 is 39.7 Å². The van der Waals surface area contributed by atoms with Gasteiger partial charge in [0.05, 0.1) is 12.8 Å². The number of Topliss-reactive ketones (excluding diaryl/α,β-unsaturated/α-hetero) is 1. The van der Waals surface area contributed by atoms with Gasteiger partial charge in [-0.15, -0.1) is 0 Å². The zero-order valence-corrected chi connectivity index (χ0v) is 21.8. The minimum Gasteiger partial charge on any atom is -0.468 e. The lowest BCUT2D eigenvalue weighted by Gasteiger charge is -2.32. The Morgan fingerprint density at radius 2 is 1.97 bits per heavy atom. The van der Waals surface area contributed by atoms with Crippen molar-refractivity contribution in [3.8, 4) is 0 Å². The summed E-state index contributed by atoms with van der Waals surface area (Å²) in [5, 5.41) is 6.35. The van der Waals surface area contributed by atoms with Gasteiger partial charge in [-0.2, -0.15) is 0 Å². The largest absolute Gasteiger partial charge is 0.468 e. The Morgan fingerprint density at radius 1 is 1.22 bits per heavy atom. The zero-order chi connectivity index (χ0) is 26.7. The average molecular weight is 530 g/mol. The minimum atomic E-state index is -4.47. The molecule has 10 nitrogen and oxygen atoms in total. The second kappa shape index (κ2) is 10.9. The first-order valence-electron chi connectivity index (χ1n) is 12.2. The van der Waals surface area contributed by atoms with E-state index in [4.69, 9.17) is 8.83 Å². The van der Waals surface area contributed by atoms with Crippen molar-refractivity contribution in [2.45, 2.75) is 57.0 Å². The van der Waals surface area contributed by atoms with Crippen molar-refractivity contribution in [3.63, 3.8) is 0 Å². The van der Waals surface area contributed by atoms with E-state index in [0.29, 0.717) is 22.9 Å². The normalized spacial score (nSPS) is 17.5. The van der Waals surface area contributed by atoms with Crippen LogP contribution in [0.4, 0.5) is 0 Å². The van der Waals surface area contributed by atoms with E-state index in [1.807, 2.05) is 19.9 Å². The number of fused-ring (bicyclic) bond motifs is 1. The number of ketones is 1. The first kappa shape index (κ1) is 26.6. The maximum atomic E-state index is 14.0. The van der Waals surface area contributed by atoms with Gasteiger partial charge in [0.25, 0.3) is 21.8 Å². The zero-order valence-electron chi connectivity index (χ0n) is 21.0. The summed E-state index contributed by atoms with van der Waals surface area (Å²) < 4.78 is 39.1. The molecule has 4 rings (SSSR count). The van der Waals surface area contributed by atoms with E-state index in [-0.39, 0.29) is 41.7 Å². The van der Waals surface area contributed by atoms with Crippen LogP contribution in [0.25, 0.3) is 11.0 Å². The number of furan rings is 2. The van der Waals surface area contributed by atoms with Gasteiger partial charge in [0.15, 0.2) is 11.5 Å². The van der Waals surface area contributed by atoms with Crippen molar-refractivity contribution in [1.82, 2.24) is 14.9 Å². The molecule has 37 heavy (non-hydrogen) atoms. The number of carbonyl (C=O) groups is 3. The molecular formula is C26H31N3O7S. The Balaban J connectivity index is 1.72. The molecule has 0 aliphatic carbocycles. The van der Waals surface area contributed by atoms with E-state index in [1.165, 1.54) is 19.3 Å². The number of sulfonamides is 1. The van der Waals surface area contributed by atoms with Crippen molar-refractivity contribution >= 4 is 38.6 Å². The number of hydrogen-bond acceptors (Lipinski definition) is 8. The maximum absolute atomic E-state index is 14.0. The molecule has 1 aliphatic rings. The first-order chi connectivity index (χ1) is 17.6. The van der Waals surface area contributed by atoms with Crippen LogP contribution in [0, 0.1) is 12.8 Å². The fourth-order valence-corrected chi connectivity index (χ4v) is 6.29. The number of hydrogen-bond donors (Lipinski definition) is 2. The highest BCUT2D eigenvalue weighted by atomic mass is 32.2. The second-order valence-corrected chi connectivity index (χ2v) is 11.4. The van der Waals surface area contributed by atoms with Crippen molar-refractivity contribution in [3.05, 3.63) is 54.2 Å². The standard InChI is InChI=1S/C26H31N3O7S/c1-16(2)13-19(28-25(31)23-14-18-7-4-5-9-22(18)36-23)26(32)29(20-8-6-11-27-15-21(20)30)37(33,34)24-10-12-35-17(24)3/h4-5,7,9-10,12,14,16,19-20,27H,6,8,11,13,15H2,1-3H3,(H,28,31)/t19-,20?/m0/s1. The van der Waals surface area contributed by atoms with Gasteiger partial charge in [0.2, 0.25) is 0 Å². The molecule has 3 aromatic rings. The summed E-state index contributed by atoms with van der Waals surface area (Å²) in [6, 6.07) is 7.49. The maximum Gasteiger partial charge on any atom is 0.287 e. The number of aryl methyl sites for hydroxylation is 1. The molecule has 1 aliphatic heterocycles. The lowest BCUT2D eigenvalue weighted by atomic mass is 10.0. The number of amides is 2. The Bertz CT molecular complexity index is 1370. The van der Waals surface area contributed by atoms with E-state index in [0.717, 1.165) is 5.39 Å². The molecule has 2 N–H and O–H groups in total. The third-order valence-corrected chi connectivity index (χ3v) is 8.24. The molecule has 2 atom stereocenters. The van der Waals surface area contributed by atoms with E-state index in [1.54, 1.807) is 24.3 Å². The summed E-state index contributed by atoms with van der Waals surface area (Å²) in [6.45, 7) is 5.64. The molecule has 1 unspecified atom stereocenters. The highest BCUT2D eigenvalue weighted by molar-refractivity contribution is 7.89. The third-order valence-electron chi connectivity index (χ3n) is 6.31. The number of para-hydroxylation sites is 1. The van der Waals surface area contributed by atoms with Crippen LogP contribution in [0.3, 0.4) is 0 Å². The van der Waals surface area contributed by atoms with Gasteiger partial charge in [-0.3, -0.25) is 14.4 Å². The molecule has 0 spiro atoms. The van der Waals surface area contributed by atoms with Crippen molar-refractivity contribution in [1.29, 1.82) is 0 Å². The minimum absolute atomic E-state index is 0.00224. The third kappa shape index (κ3) is 5.62. The van der Waals surface area contributed by atoms with Crippen LogP contribution >= 0.6 is 0 Å². The topological polar surface area (TPSA) is 139 Å². The molecule has 11 heteroatoms. The lowest BCUT2D eigenvalue weighted by molar-refractivity contribution is -0.135. The molecule has 3 heterocycles. The Morgan fingerprint density at radius 3 is 2.65 bits per heavy atom. The molecule has 0 bridgehead atoms. The Kier molecular flexibility index (Phi) is 7.84. The second-order valence-electron chi connectivity index (χ2n) is 9.59. The Labute approximate surface area is 215 Å². The predicted molar refractivity (Wildman–Crippen MR) is 135 cm³/mol. The molecule has 1 aromatic carbocycles. The van der Waals surface area contributed by atoms with Gasteiger partial charge in [0, 0.05) is 5.39 Å². The molecule has 1 saturated heterocycles.